The van der Waals surface area contributed by atoms with Crippen molar-refractivity contribution in [1.82, 2.24) is 0 Å². The predicted molar refractivity (Wildman–Crippen MR) is 156 cm³/mol. The molecule has 1 unspecified atom stereocenters. The van der Waals surface area contributed by atoms with Crippen molar-refractivity contribution in [3.8, 4) is 16.9 Å². The van der Waals surface area contributed by atoms with Crippen LogP contribution >= 0.6 is 0 Å². The first-order chi connectivity index (χ1) is 19.0. The van der Waals surface area contributed by atoms with Crippen molar-refractivity contribution >= 4 is 16.7 Å². The Hall–Kier alpha value is -2.85. The molecule has 0 aromatic heterocycles. The van der Waals surface area contributed by atoms with Gasteiger partial charge in [0.2, 0.25) is 0 Å². The lowest BCUT2D eigenvalue weighted by atomic mass is 9.48. The van der Waals surface area contributed by atoms with Gasteiger partial charge in [-0.25, -0.2) is 4.79 Å². The van der Waals surface area contributed by atoms with Crippen LogP contribution in [0.25, 0.3) is 21.9 Å². The van der Waals surface area contributed by atoms with Crippen molar-refractivity contribution in [2.75, 3.05) is 13.7 Å². The fourth-order valence-electron chi connectivity index (χ4n) is 8.34. The Balaban J connectivity index is 1.01. The molecule has 0 amide bonds. The smallest absolute Gasteiger partial charge is 0.341 e. The van der Waals surface area contributed by atoms with E-state index in [1.165, 1.54) is 56.4 Å². The van der Waals surface area contributed by atoms with Gasteiger partial charge in [-0.1, -0.05) is 61.7 Å². The molecule has 39 heavy (non-hydrogen) atoms. The average Bonchev–Trinajstić information content (AvgIpc) is 2.95. The van der Waals surface area contributed by atoms with Crippen molar-refractivity contribution < 1.29 is 19.4 Å². The van der Waals surface area contributed by atoms with Crippen LogP contribution in [0.1, 0.15) is 81.0 Å². The van der Waals surface area contributed by atoms with E-state index in [-0.39, 0.29) is 17.5 Å². The third-order valence-electron chi connectivity index (χ3n) is 9.89. The summed E-state index contributed by atoms with van der Waals surface area (Å²) in [6.07, 6.45) is 13.1. The molecule has 0 radical (unpaired) electrons. The molecule has 4 heteroatoms. The van der Waals surface area contributed by atoms with Crippen LogP contribution in [0.4, 0.5) is 0 Å². The highest BCUT2D eigenvalue weighted by molar-refractivity contribution is 5.94. The monoisotopic (exact) mass is 526 g/mol. The molecule has 4 nitrogen and oxygen atoms in total. The molecule has 4 fully saturated rings. The van der Waals surface area contributed by atoms with Crippen LogP contribution in [0.2, 0.25) is 0 Å². The Morgan fingerprint density at radius 2 is 1.49 bits per heavy atom. The number of hydrogen-bond donors (Lipinski definition) is 1. The molecule has 3 aromatic carbocycles. The number of fused-ring (bicyclic) bond motifs is 1. The van der Waals surface area contributed by atoms with E-state index >= 15 is 0 Å². The van der Waals surface area contributed by atoms with E-state index in [0.29, 0.717) is 17.9 Å². The number of aliphatic hydroxyl groups is 1. The molecule has 7 rings (SSSR count). The highest BCUT2D eigenvalue weighted by Gasteiger charge is 2.53. The molecule has 1 atom stereocenters. The van der Waals surface area contributed by atoms with Crippen LogP contribution in [-0.4, -0.2) is 30.9 Å². The molecule has 4 aliphatic rings. The van der Waals surface area contributed by atoms with Crippen LogP contribution in [0.3, 0.4) is 0 Å². The number of benzene rings is 3. The SMILES string of the molecule is COC(=O)c1ccc(-c2ccc3ccccc3c2)cc1OCCCCCCC(O)C12CC3CC(CC(C3)C1)C2. The number of carbonyl (C=O) groups is 1. The first kappa shape index (κ1) is 26.4. The van der Waals surface area contributed by atoms with Gasteiger partial charge in [-0.15, -0.1) is 0 Å². The zero-order valence-corrected chi connectivity index (χ0v) is 23.2. The maximum absolute atomic E-state index is 12.4. The van der Waals surface area contributed by atoms with Gasteiger partial charge in [0.25, 0.3) is 0 Å². The zero-order valence-electron chi connectivity index (χ0n) is 23.2. The molecule has 0 heterocycles. The number of rotatable bonds is 11. The van der Waals surface area contributed by atoms with Crippen LogP contribution in [0, 0.1) is 23.2 Å². The molecule has 4 bridgehead atoms. The second-order valence-corrected chi connectivity index (χ2v) is 12.6. The van der Waals surface area contributed by atoms with Crippen LogP contribution in [-0.2, 0) is 4.74 Å². The second kappa shape index (κ2) is 11.3. The van der Waals surface area contributed by atoms with Gasteiger partial charge >= 0.3 is 5.97 Å². The lowest BCUT2D eigenvalue weighted by Crippen LogP contribution is -2.51. The first-order valence-corrected chi connectivity index (χ1v) is 15.1. The normalized spacial score (nSPS) is 26.1. The Morgan fingerprint density at radius 1 is 0.846 bits per heavy atom. The van der Waals surface area contributed by atoms with Gasteiger partial charge in [0, 0.05) is 0 Å². The van der Waals surface area contributed by atoms with E-state index in [1.54, 1.807) is 6.07 Å². The summed E-state index contributed by atoms with van der Waals surface area (Å²) in [5.74, 6) is 2.85. The van der Waals surface area contributed by atoms with Crippen LogP contribution in [0.15, 0.2) is 60.7 Å². The molecule has 206 valence electrons. The standard InChI is InChI=1S/C35H42O4/c1-38-34(37)31-14-13-30(29-12-11-27-8-5-6-9-28(27)19-29)20-32(31)39-15-7-3-2-4-10-33(36)35-21-24-16-25(22-35)18-26(17-24)23-35/h5-6,8-9,11-14,19-20,24-26,33,36H,2-4,7,10,15-18,21-23H2,1H3. The highest BCUT2D eigenvalue weighted by atomic mass is 16.5. The minimum absolute atomic E-state index is 0.123. The third-order valence-corrected chi connectivity index (χ3v) is 9.89. The number of methoxy groups -OCH3 is 1. The van der Waals surface area contributed by atoms with E-state index in [9.17, 15) is 9.90 Å². The summed E-state index contributed by atoms with van der Waals surface area (Å²) in [5.41, 5.74) is 2.80. The molecule has 4 saturated carbocycles. The van der Waals surface area contributed by atoms with Crippen LogP contribution in [0.5, 0.6) is 5.75 Å². The molecular weight excluding hydrogens is 484 g/mol. The summed E-state index contributed by atoms with van der Waals surface area (Å²) in [7, 11) is 1.40. The van der Waals surface area contributed by atoms with Crippen molar-refractivity contribution in [2.24, 2.45) is 23.2 Å². The summed E-state index contributed by atoms with van der Waals surface area (Å²) in [6, 6.07) is 20.4. The third kappa shape index (κ3) is 5.59. The maximum atomic E-state index is 12.4. The van der Waals surface area contributed by atoms with Gasteiger partial charge in [0.1, 0.15) is 11.3 Å². The van der Waals surface area contributed by atoms with Gasteiger partial charge in [-0.3, -0.25) is 0 Å². The van der Waals surface area contributed by atoms with E-state index in [4.69, 9.17) is 9.47 Å². The van der Waals surface area contributed by atoms with Crippen molar-refractivity contribution in [1.29, 1.82) is 0 Å². The fourth-order valence-corrected chi connectivity index (χ4v) is 8.34. The van der Waals surface area contributed by atoms with E-state index in [2.05, 4.69) is 30.3 Å². The van der Waals surface area contributed by atoms with Gasteiger partial charge in [-0.2, -0.15) is 0 Å². The van der Waals surface area contributed by atoms with Gasteiger partial charge in [0.05, 0.1) is 19.8 Å². The minimum Gasteiger partial charge on any atom is -0.493 e. The molecule has 0 spiro atoms. The number of carbonyl (C=O) groups excluding carboxylic acids is 1. The largest absolute Gasteiger partial charge is 0.493 e. The molecule has 0 aliphatic heterocycles. The second-order valence-electron chi connectivity index (χ2n) is 12.6. The molecule has 1 N–H and O–H groups in total. The fraction of sp³-hybridized carbons (Fsp3) is 0.514. The van der Waals surface area contributed by atoms with Crippen molar-refractivity contribution in [3.05, 3.63) is 66.2 Å². The van der Waals surface area contributed by atoms with Gasteiger partial charge in [-0.05, 0) is 115 Å². The maximum Gasteiger partial charge on any atom is 0.341 e. The average molecular weight is 527 g/mol. The zero-order chi connectivity index (χ0) is 26.8. The van der Waals surface area contributed by atoms with E-state index in [0.717, 1.165) is 61.0 Å². The Morgan fingerprint density at radius 3 is 2.21 bits per heavy atom. The molecule has 3 aromatic rings. The first-order valence-electron chi connectivity index (χ1n) is 15.1. The van der Waals surface area contributed by atoms with Gasteiger partial charge < -0.3 is 14.6 Å². The van der Waals surface area contributed by atoms with Crippen LogP contribution < -0.4 is 4.74 Å². The lowest BCUT2D eigenvalue weighted by Gasteiger charge is -2.58. The number of unbranched alkanes of at least 4 members (excludes halogenated alkanes) is 3. The highest BCUT2D eigenvalue weighted by Crippen LogP contribution is 2.61. The number of esters is 1. The summed E-state index contributed by atoms with van der Waals surface area (Å²) in [6.45, 7) is 0.558. The number of hydrogen-bond acceptors (Lipinski definition) is 4. The van der Waals surface area contributed by atoms with Crippen molar-refractivity contribution in [2.45, 2.75) is 76.7 Å². The minimum atomic E-state index is -0.381. The van der Waals surface area contributed by atoms with E-state index < -0.39 is 0 Å². The summed E-state index contributed by atoms with van der Waals surface area (Å²) < 4.78 is 11.2. The number of aliphatic hydroxyl groups excluding tert-OH is 1. The molecule has 0 saturated heterocycles. The topological polar surface area (TPSA) is 55.8 Å². The summed E-state index contributed by atoms with van der Waals surface area (Å²) in [4.78, 5) is 12.4. The molecular formula is C35H42O4. The van der Waals surface area contributed by atoms with Gasteiger partial charge in [0.15, 0.2) is 0 Å². The Labute approximate surface area is 232 Å². The quantitative estimate of drug-likeness (QED) is 0.202. The summed E-state index contributed by atoms with van der Waals surface area (Å²) >= 11 is 0. The molecule has 4 aliphatic carbocycles. The number of ether oxygens (including phenoxy) is 2. The van der Waals surface area contributed by atoms with Crippen molar-refractivity contribution in [3.63, 3.8) is 0 Å². The Kier molecular flexibility index (Phi) is 7.66. The van der Waals surface area contributed by atoms with E-state index in [1.807, 2.05) is 24.3 Å². The summed E-state index contributed by atoms with van der Waals surface area (Å²) in [5, 5.41) is 13.6. The lowest BCUT2D eigenvalue weighted by molar-refractivity contribution is -0.122. The Bertz CT molecular complexity index is 1280. The predicted octanol–water partition coefficient (Wildman–Crippen LogP) is 8.20.